The monoisotopic (exact) mass is 273 g/mol. The number of carbonyl (C=O) groups is 1. The Kier molecular flexibility index (Phi) is 5.33. The molecule has 0 aromatic heterocycles. The second kappa shape index (κ2) is 7.22. The van der Waals surface area contributed by atoms with Crippen LogP contribution in [0.15, 0.2) is 41.3 Å². The van der Waals surface area contributed by atoms with E-state index < -0.39 is 0 Å². The number of nitrogens with zero attached hydrogens (tertiary/aromatic N) is 1. The van der Waals surface area contributed by atoms with E-state index in [0.29, 0.717) is 30.4 Å². The molecule has 3 nitrogen and oxygen atoms in total. The van der Waals surface area contributed by atoms with Crippen molar-refractivity contribution in [2.24, 2.45) is 10.9 Å². The topological polar surface area (TPSA) is 38.7 Å². The van der Waals surface area contributed by atoms with Gasteiger partial charge < -0.3 is 4.74 Å². The standard InChI is InChI=1S/C17H23NO2/c1-3-13(4-2)11-16(19)14-7-5-10-17(18-12-14)20-15-8-6-9-15/h3,7,10,12-13,15H,1,4-6,8-9,11H2,2H3/t13-/m1/s1. The van der Waals surface area contributed by atoms with Gasteiger partial charge in [0.1, 0.15) is 6.10 Å². The Morgan fingerprint density at radius 1 is 1.55 bits per heavy atom. The molecule has 0 N–H and O–H groups in total. The number of allylic oxidation sites excluding steroid dienone is 4. The maximum atomic E-state index is 12.2. The molecular formula is C17H23NO2. The number of ether oxygens (including phenoxy) is 1. The fourth-order valence-corrected chi connectivity index (χ4v) is 2.20. The zero-order valence-corrected chi connectivity index (χ0v) is 12.2. The predicted molar refractivity (Wildman–Crippen MR) is 81.6 cm³/mol. The quantitative estimate of drug-likeness (QED) is 0.658. The van der Waals surface area contributed by atoms with Crippen LogP contribution in [-0.4, -0.2) is 18.1 Å². The van der Waals surface area contributed by atoms with Gasteiger partial charge in [-0.1, -0.05) is 19.1 Å². The number of carbonyl (C=O) groups excluding carboxylic acids is 1. The molecule has 3 heteroatoms. The molecule has 0 saturated heterocycles. The molecule has 108 valence electrons. The highest BCUT2D eigenvalue weighted by molar-refractivity contribution is 6.13. The normalized spacial score (nSPS) is 20.2. The highest BCUT2D eigenvalue weighted by Crippen LogP contribution is 2.25. The van der Waals surface area contributed by atoms with E-state index in [-0.39, 0.29) is 11.7 Å². The summed E-state index contributed by atoms with van der Waals surface area (Å²) in [5.41, 5.74) is 0.689. The highest BCUT2D eigenvalue weighted by Gasteiger charge is 2.20. The van der Waals surface area contributed by atoms with Crippen LogP contribution >= 0.6 is 0 Å². The van der Waals surface area contributed by atoms with Gasteiger partial charge in [-0.3, -0.25) is 4.79 Å². The average Bonchev–Trinajstić information content (AvgIpc) is 2.65. The summed E-state index contributed by atoms with van der Waals surface area (Å²) in [7, 11) is 0. The molecule has 20 heavy (non-hydrogen) atoms. The third-order valence-electron chi connectivity index (χ3n) is 3.93. The van der Waals surface area contributed by atoms with E-state index >= 15 is 0 Å². The van der Waals surface area contributed by atoms with Gasteiger partial charge in [0.25, 0.3) is 0 Å². The molecule has 1 heterocycles. The van der Waals surface area contributed by atoms with Crippen molar-refractivity contribution in [2.45, 2.75) is 51.6 Å². The summed E-state index contributed by atoms with van der Waals surface area (Å²) in [5, 5.41) is 0. The summed E-state index contributed by atoms with van der Waals surface area (Å²) >= 11 is 0. The zero-order chi connectivity index (χ0) is 14.4. The maximum Gasteiger partial charge on any atom is 0.209 e. The van der Waals surface area contributed by atoms with E-state index in [1.54, 1.807) is 6.21 Å². The second-order valence-corrected chi connectivity index (χ2v) is 5.40. The smallest absolute Gasteiger partial charge is 0.209 e. The number of Topliss-reactive ketones (excluding diaryl/α,β-unsaturated/α-hetero) is 1. The minimum absolute atomic E-state index is 0.138. The Balaban J connectivity index is 1.90. The molecule has 1 fully saturated rings. The van der Waals surface area contributed by atoms with Crippen molar-refractivity contribution in [3.05, 3.63) is 36.3 Å². The van der Waals surface area contributed by atoms with Crippen LogP contribution in [-0.2, 0) is 9.53 Å². The van der Waals surface area contributed by atoms with Crippen molar-refractivity contribution in [3.8, 4) is 0 Å². The van der Waals surface area contributed by atoms with Crippen molar-refractivity contribution in [3.63, 3.8) is 0 Å². The Labute approximate surface area is 121 Å². The first-order chi connectivity index (χ1) is 9.72. The molecule has 0 radical (unpaired) electrons. The summed E-state index contributed by atoms with van der Waals surface area (Å²) in [6, 6.07) is 0. The molecule has 1 aliphatic heterocycles. The second-order valence-electron chi connectivity index (χ2n) is 5.40. The SMILES string of the molecule is C=C[C@H](CC)CC(=O)C1=CCC=C(OC2CCC2)N=C1. The number of rotatable bonds is 7. The van der Waals surface area contributed by atoms with Crippen LogP contribution in [0, 0.1) is 5.92 Å². The fraction of sp³-hybridized carbons (Fsp3) is 0.529. The summed E-state index contributed by atoms with van der Waals surface area (Å²) in [5.74, 6) is 1.04. The number of aliphatic imine (C=N–C) groups is 1. The van der Waals surface area contributed by atoms with E-state index in [1.165, 1.54) is 6.42 Å². The molecule has 0 bridgehead atoms. The van der Waals surface area contributed by atoms with Gasteiger partial charge in [0.15, 0.2) is 5.78 Å². The van der Waals surface area contributed by atoms with E-state index in [2.05, 4.69) is 18.5 Å². The predicted octanol–water partition coefficient (Wildman–Crippen LogP) is 3.97. The molecule has 0 aromatic rings. The van der Waals surface area contributed by atoms with Gasteiger partial charge >= 0.3 is 0 Å². The summed E-state index contributed by atoms with van der Waals surface area (Å²) in [6.07, 6.45) is 13.3. The average molecular weight is 273 g/mol. The van der Waals surface area contributed by atoms with Crippen molar-refractivity contribution in [1.29, 1.82) is 0 Å². The third kappa shape index (κ3) is 3.92. The number of ketones is 1. The fourth-order valence-electron chi connectivity index (χ4n) is 2.20. The van der Waals surface area contributed by atoms with Crippen LogP contribution in [0.1, 0.15) is 45.4 Å². The van der Waals surface area contributed by atoms with E-state index in [1.807, 2.05) is 18.2 Å². The van der Waals surface area contributed by atoms with Crippen LogP contribution in [0.5, 0.6) is 0 Å². The Morgan fingerprint density at radius 3 is 2.95 bits per heavy atom. The third-order valence-corrected chi connectivity index (χ3v) is 3.93. The first-order valence-electron chi connectivity index (χ1n) is 7.49. The van der Waals surface area contributed by atoms with Gasteiger partial charge in [0.05, 0.1) is 0 Å². The molecule has 0 spiro atoms. The minimum Gasteiger partial charge on any atom is -0.475 e. The van der Waals surface area contributed by atoms with Gasteiger partial charge in [0.2, 0.25) is 5.88 Å². The first-order valence-corrected chi connectivity index (χ1v) is 7.49. The summed E-state index contributed by atoms with van der Waals surface area (Å²) in [6.45, 7) is 5.84. The highest BCUT2D eigenvalue weighted by atomic mass is 16.5. The lowest BCUT2D eigenvalue weighted by Crippen LogP contribution is -2.20. The van der Waals surface area contributed by atoms with E-state index in [4.69, 9.17) is 4.74 Å². The number of hydrogen-bond acceptors (Lipinski definition) is 3. The van der Waals surface area contributed by atoms with Crippen molar-refractivity contribution in [1.82, 2.24) is 0 Å². The molecule has 2 rings (SSSR count). The van der Waals surface area contributed by atoms with Gasteiger partial charge in [-0.05, 0) is 44.1 Å². The van der Waals surface area contributed by atoms with Crippen LogP contribution in [0.2, 0.25) is 0 Å². The van der Waals surface area contributed by atoms with Crippen molar-refractivity contribution < 1.29 is 9.53 Å². The van der Waals surface area contributed by atoms with Gasteiger partial charge in [-0.15, -0.1) is 6.58 Å². The van der Waals surface area contributed by atoms with Crippen LogP contribution in [0.3, 0.4) is 0 Å². The van der Waals surface area contributed by atoms with Crippen LogP contribution in [0.4, 0.5) is 0 Å². The van der Waals surface area contributed by atoms with Crippen LogP contribution < -0.4 is 0 Å². The molecule has 0 unspecified atom stereocenters. The molecule has 2 aliphatic rings. The molecule has 0 amide bonds. The molecule has 1 aliphatic carbocycles. The van der Waals surface area contributed by atoms with E-state index in [0.717, 1.165) is 19.3 Å². The lowest BCUT2D eigenvalue weighted by molar-refractivity contribution is -0.115. The summed E-state index contributed by atoms with van der Waals surface area (Å²) in [4.78, 5) is 16.5. The molecule has 1 atom stereocenters. The summed E-state index contributed by atoms with van der Waals surface area (Å²) < 4.78 is 5.76. The van der Waals surface area contributed by atoms with Gasteiger partial charge in [-0.25, -0.2) is 4.99 Å². The zero-order valence-electron chi connectivity index (χ0n) is 12.2. The lowest BCUT2D eigenvalue weighted by Gasteiger charge is -2.26. The maximum absolute atomic E-state index is 12.2. The molecule has 0 aromatic carbocycles. The van der Waals surface area contributed by atoms with Gasteiger partial charge in [-0.2, -0.15) is 0 Å². The first kappa shape index (κ1) is 14.8. The largest absolute Gasteiger partial charge is 0.475 e. The Bertz CT molecular complexity index is 456. The molecule has 1 saturated carbocycles. The van der Waals surface area contributed by atoms with Crippen molar-refractivity contribution in [2.75, 3.05) is 0 Å². The number of hydrogen-bond donors (Lipinski definition) is 0. The van der Waals surface area contributed by atoms with Crippen LogP contribution in [0.25, 0.3) is 0 Å². The van der Waals surface area contributed by atoms with Crippen molar-refractivity contribution >= 4 is 12.0 Å². The van der Waals surface area contributed by atoms with E-state index in [9.17, 15) is 4.79 Å². The Hall–Kier alpha value is -1.64. The Morgan fingerprint density at radius 2 is 2.35 bits per heavy atom. The minimum atomic E-state index is 0.138. The lowest BCUT2D eigenvalue weighted by atomic mass is 9.96. The van der Waals surface area contributed by atoms with Gasteiger partial charge in [0, 0.05) is 18.2 Å². The molecular weight excluding hydrogens is 250 g/mol.